The van der Waals surface area contributed by atoms with E-state index < -0.39 is 0 Å². The summed E-state index contributed by atoms with van der Waals surface area (Å²) < 4.78 is 1.19. The van der Waals surface area contributed by atoms with Crippen molar-refractivity contribution in [3.8, 4) is 0 Å². The van der Waals surface area contributed by atoms with Gasteiger partial charge >= 0.3 is 0 Å². The maximum atomic E-state index is 13.4. The summed E-state index contributed by atoms with van der Waals surface area (Å²) in [7, 11) is 1.43. The fraction of sp³-hybridized carbons (Fsp3) is 0.292. The molecular weight excluding hydrogens is 463 g/mol. The molecule has 0 N–H and O–H groups in total. The lowest BCUT2D eigenvalue weighted by Gasteiger charge is -2.31. The van der Waals surface area contributed by atoms with Gasteiger partial charge in [-0.25, -0.2) is 4.98 Å². The molecule has 0 atom stereocenters. The summed E-state index contributed by atoms with van der Waals surface area (Å²) in [4.78, 5) is 40.2. The molecule has 1 aliphatic rings. The highest BCUT2D eigenvalue weighted by molar-refractivity contribution is 6.30. The summed E-state index contributed by atoms with van der Waals surface area (Å²) in [6.07, 6.45) is 1.31. The first-order valence-electron chi connectivity index (χ1n) is 10.7. The van der Waals surface area contributed by atoms with E-state index in [0.717, 1.165) is 12.1 Å². The van der Waals surface area contributed by atoms with Crippen LogP contribution in [0.4, 0.5) is 11.6 Å². The second-order valence-electron chi connectivity index (χ2n) is 7.73. The summed E-state index contributed by atoms with van der Waals surface area (Å²) in [5.74, 6) is 0.251. The number of hydrogen-bond donors (Lipinski definition) is 0. The molecule has 2 aromatic carbocycles. The molecule has 1 amide bonds. The summed E-state index contributed by atoms with van der Waals surface area (Å²) >= 11 is 12.0. The molecule has 1 aliphatic heterocycles. The minimum absolute atomic E-state index is 0.154. The van der Waals surface area contributed by atoms with Gasteiger partial charge in [-0.1, -0.05) is 30.1 Å². The first-order valence-corrected chi connectivity index (χ1v) is 11.5. The quantitative estimate of drug-likeness (QED) is 0.517. The Bertz CT molecular complexity index is 1210. The number of carbonyl (C=O) groups excluding carboxylic acids is 1. The number of carbonyl (C=O) groups is 1. The molecule has 4 rings (SSSR count). The normalized spacial score (nSPS) is 12.9. The van der Waals surface area contributed by atoms with E-state index in [4.69, 9.17) is 33.0 Å². The third-order valence-corrected chi connectivity index (χ3v) is 6.07. The zero-order valence-corrected chi connectivity index (χ0v) is 19.9. The Morgan fingerprint density at radius 2 is 1.73 bits per heavy atom. The second kappa shape index (κ2) is 9.85. The van der Waals surface area contributed by atoms with E-state index in [1.54, 1.807) is 41.3 Å². The minimum atomic E-state index is -0.318. The van der Waals surface area contributed by atoms with E-state index in [1.165, 1.54) is 11.8 Å². The van der Waals surface area contributed by atoms with Gasteiger partial charge in [0.15, 0.2) is 0 Å². The van der Waals surface area contributed by atoms with Gasteiger partial charge in [0, 0.05) is 40.8 Å². The Balaban J connectivity index is 1.71. The zero-order chi connectivity index (χ0) is 23.5. The summed E-state index contributed by atoms with van der Waals surface area (Å²) in [6, 6.07) is 14.1. The van der Waals surface area contributed by atoms with Crippen molar-refractivity contribution in [2.75, 3.05) is 25.1 Å². The number of fused-ring (bicyclic) bond motifs is 1. The van der Waals surface area contributed by atoms with Crippen LogP contribution in [0.25, 0.3) is 0 Å². The molecule has 0 spiro atoms. The van der Waals surface area contributed by atoms with Crippen molar-refractivity contribution in [1.82, 2.24) is 14.6 Å². The lowest BCUT2D eigenvalue weighted by atomic mass is 10.1. The first-order chi connectivity index (χ1) is 15.9. The van der Waals surface area contributed by atoms with Gasteiger partial charge in [-0.3, -0.25) is 9.59 Å². The molecule has 0 saturated carbocycles. The van der Waals surface area contributed by atoms with Crippen LogP contribution in [0.15, 0.2) is 53.3 Å². The van der Waals surface area contributed by atoms with E-state index >= 15 is 0 Å². The molecule has 0 aliphatic carbocycles. The molecular formula is C24H24Cl2N4O3. The number of anilines is 2. The molecule has 2 heterocycles. The molecule has 7 nitrogen and oxygen atoms in total. The van der Waals surface area contributed by atoms with E-state index in [-0.39, 0.29) is 18.0 Å². The van der Waals surface area contributed by atoms with Gasteiger partial charge in [-0.2, -0.15) is 0 Å². The molecule has 33 heavy (non-hydrogen) atoms. The Morgan fingerprint density at radius 3 is 2.33 bits per heavy atom. The number of aromatic nitrogens is 2. The Hall–Kier alpha value is -3.03. The van der Waals surface area contributed by atoms with Gasteiger partial charge in [-0.05, 0) is 55.0 Å². The van der Waals surface area contributed by atoms with Crippen LogP contribution >= 0.6 is 23.2 Å². The molecule has 0 fully saturated rings. The second-order valence-corrected chi connectivity index (χ2v) is 8.60. The number of amides is 1. The van der Waals surface area contributed by atoms with Crippen molar-refractivity contribution in [2.24, 2.45) is 0 Å². The monoisotopic (exact) mass is 486 g/mol. The summed E-state index contributed by atoms with van der Waals surface area (Å²) in [5.41, 5.74) is 2.20. The van der Waals surface area contributed by atoms with Gasteiger partial charge in [0.1, 0.15) is 7.11 Å². The van der Waals surface area contributed by atoms with Crippen LogP contribution in [0.5, 0.6) is 0 Å². The van der Waals surface area contributed by atoms with Crippen LogP contribution in [0.3, 0.4) is 0 Å². The van der Waals surface area contributed by atoms with E-state index in [9.17, 15) is 9.59 Å². The number of nitrogens with zero attached hydrogens (tertiary/aromatic N) is 4. The molecule has 0 unspecified atom stereocenters. The molecule has 172 valence electrons. The molecule has 0 saturated heterocycles. The van der Waals surface area contributed by atoms with Gasteiger partial charge in [0.05, 0.1) is 17.8 Å². The van der Waals surface area contributed by atoms with Crippen molar-refractivity contribution in [3.63, 3.8) is 0 Å². The van der Waals surface area contributed by atoms with Gasteiger partial charge in [0.25, 0.3) is 11.5 Å². The smallest absolute Gasteiger partial charge is 0.293 e. The first kappa shape index (κ1) is 23.1. The topological polar surface area (TPSA) is 67.7 Å². The van der Waals surface area contributed by atoms with Crippen LogP contribution in [0, 0.1) is 0 Å². The number of rotatable bonds is 6. The SMILES string of the molecule is CCCN(c1ccc(Cl)cc1)c1nc2c(c(=O)n1OC)CN(C(=O)c1ccc(Cl)cc1)CC2. The van der Waals surface area contributed by atoms with Crippen molar-refractivity contribution in [2.45, 2.75) is 26.3 Å². The van der Waals surface area contributed by atoms with Crippen LogP contribution in [0.2, 0.25) is 10.0 Å². The van der Waals surface area contributed by atoms with E-state index in [1.807, 2.05) is 17.0 Å². The molecule has 3 aromatic rings. The number of hydrogen-bond acceptors (Lipinski definition) is 5. The highest BCUT2D eigenvalue weighted by atomic mass is 35.5. The van der Waals surface area contributed by atoms with E-state index in [2.05, 4.69) is 6.92 Å². The fourth-order valence-corrected chi connectivity index (χ4v) is 4.17. The fourth-order valence-electron chi connectivity index (χ4n) is 3.92. The average Bonchev–Trinajstić information content (AvgIpc) is 2.83. The molecule has 0 radical (unpaired) electrons. The van der Waals surface area contributed by atoms with Crippen molar-refractivity contribution in [3.05, 3.63) is 85.8 Å². The van der Waals surface area contributed by atoms with Gasteiger partial charge in [-0.15, -0.1) is 4.73 Å². The third-order valence-electron chi connectivity index (χ3n) is 5.56. The minimum Gasteiger partial charge on any atom is -0.411 e. The number of benzene rings is 2. The summed E-state index contributed by atoms with van der Waals surface area (Å²) in [6.45, 7) is 3.32. The lowest BCUT2D eigenvalue weighted by molar-refractivity contribution is 0.0728. The standard InChI is InChI=1S/C24H24Cl2N4O3/c1-3-13-29(19-10-8-18(26)9-11-19)24-27-21-12-14-28(15-20(21)23(32)30(24)33-2)22(31)16-4-6-17(25)7-5-16/h4-11H,3,12-15H2,1-2H3. The number of halogens is 2. The predicted molar refractivity (Wildman–Crippen MR) is 130 cm³/mol. The summed E-state index contributed by atoms with van der Waals surface area (Å²) in [5, 5.41) is 1.19. The maximum absolute atomic E-state index is 13.4. The van der Waals surface area contributed by atoms with E-state index in [0.29, 0.717) is 52.3 Å². The molecule has 9 heteroatoms. The van der Waals surface area contributed by atoms with Crippen LogP contribution in [-0.2, 0) is 13.0 Å². The zero-order valence-electron chi connectivity index (χ0n) is 18.4. The predicted octanol–water partition coefficient (Wildman–Crippen LogP) is 4.36. The Kier molecular flexibility index (Phi) is 6.91. The Morgan fingerprint density at radius 1 is 1.09 bits per heavy atom. The van der Waals surface area contributed by atoms with Crippen molar-refractivity contribution in [1.29, 1.82) is 0 Å². The van der Waals surface area contributed by atoms with Crippen molar-refractivity contribution >= 4 is 40.7 Å². The average molecular weight is 487 g/mol. The third kappa shape index (κ3) is 4.70. The van der Waals surface area contributed by atoms with Crippen LogP contribution < -0.4 is 15.3 Å². The maximum Gasteiger partial charge on any atom is 0.293 e. The Labute approximate surface area is 202 Å². The highest BCUT2D eigenvalue weighted by Crippen LogP contribution is 2.27. The largest absolute Gasteiger partial charge is 0.411 e. The lowest BCUT2D eigenvalue weighted by Crippen LogP contribution is -2.43. The van der Waals surface area contributed by atoms with Gasteiger partial charge < -0.3 is 14.6 Å². The molecule has 1 aromatic heterocycles. The van der Waals surface area contributed by atoms with Gasteiger partial charge in [0.2, 0.25) is 5.95 Å². The highest BCUT2D eigenvalue weighted by Gasteiger charge is 2.29. The molecule has 0 bridgehead atoms. The van der Waals surface area contributed by atoms with Crippen LogP contribution in [0.1, 0.15) is 35.0 Å². The van der Waals surface area contributed by atoms with Crippen molar-refractivity contribution < 1.29 is 9.63 Å². The van der Waals surface area contributed by atoms with Crippen LogP contribution in [-0.4, -0.2) is 40.7 Å².